The summed E-state index contributed by atoms with van der Waals surface area (Å²) >= 11 is 1.61. The first-order valence-corrected chi connectivity index (χ1v) is 9.53. The van der Waals surface area contributed by atoms with E-state index in [2.05, 4.69) is 9.71 Å². The maximum absolute atomic E-state index is 12.6. The lowest BCUT2D eigenvalue weighted by atomic mass is 10.1. The van der Waals surface area contributed by atoms with Gasteiger partial charge in [0, 0.05) is 10.9 Å². The van der Waals surface area contributed by atoms with Crippen molar-refractivity contribution >= 4 is 27.0 Å². The van der Waals surface area contributed by atoms with E-state index in [1.54, 1.807) is 11.3 Å². The van der Waals surface area contributed by atoms with Crippen LogP contribution in [0.2, 0.25) is 0 Å². The number of anilines is 1. The van der Waals surface area contributed by atoms with Gasteiger partial charge in [-0.15, -0.1) is 11.3 Å². The Kier molecular flexibility index (Phi) is 4.55. The first-order chi connectivity index (χ1) is 11.5. The smallest absolute Gasteiger partial charge is 0.263 e. The van der Waals surface area contributed by atoms with E-state index < -0.39 is 10.0 Å². The Morgan fingerprint density at radius 2 is 2.00 bits per heavy atom. The number of methoxy groups -OCH3 is 1. The van der Waals surface area contributed by atoms with Gasteiger partial charge < -0.3 is 4.74 Å². The van der Waals surface area contributed by atoms with Crippen LogP contribution in [0.4, 0.5) is 5.69 Å². The van der Waals surface area contributed by atoms with Gasteiger partial charge in [0.15, 0.2) is 0 Å². The average molecular weight is 360 g/mol. The first kappa shape index (κ1) is 16.5. The Balaban J connectivity index is 1.93. The maximum Gasteiger partial charge on any atom is 0.263 e. The molecule has 0 atom stereocenters. The van der Waals surface area contributed by atoms with Crippen molar-refractivity contribution < 1.29 is 13.2 Å². The number of aromatic nitrogens is 1. The average Bonchev–Trinajstić information content (AvgIpc) is 3.11. The molecule has 0 radical (unpaired) electrons. The summed E-state index contributed by atoms with van der Waals surface area (Å²) in [6.07, 6.45) is 1.28. The minimum absolute atomic E-state index is 0.0872. The zero-order valence-corrected chi connectivity index (χ0v) is 14.8. The Bertz CT molecular complexity index is 934. The van der Waals surface area contributed by atoms with E-state index in [1.165, 1.54) is 25.4 Å². The molecule has 0 fully saturated rings. The maximum atomic E-state index is 12.6. The molecule has 5 nitrogen and oxygen atoms in total. The molecule has 0 amide bonds. The highest BCUT2D eigenvalue weighted by Gasteiger charge is 2.16. The van der Waals surface area contributed by atoms with Crippen LogP contribution in [0.25, 0.3) is 10.4 Å². The lowest BCUT2D eigenvalue weighted by Gasteiger charge is -2.12. The highest BCUT2D eigenvalue weighted by atomic mass is 32.2. The van der Waals surface area contributed by atoms with Crippen LogP contribution in [-0.2, 0) is 10.0 Å². The van der Waals surface area contributed by atoms with Crippen molar-refractivity contribution in [3.05, 3.63) is 59.6 Å². The second-order valence-electron chi connectivity index (χ2n) is 5.15. The third-order valence-corrected chi connectivity index (χ3v) is 5.79. The van der Waals surface area contributed by atoms with Crippen molar-refractivity contribution in [2.75, 3.05) is 11.8 Å². The number of ether oxygens (including phenoxy) is 1. The number of nitrogens with one attached hydrogen (secondary N) is 1. The van der Waals surface area contributed by atoms with Crippen molar-refractivity contribution in [3.8, 4) is 16.3 Å². The fraction of sp³-hybridized carbons (Fsp3) is 0.118. The largest absolute Gasteiger partial charge is 0.481 e. The Hall–Kier alpha value is -2.38. The van der Waals surface area contributed by atoms with Gasteiger partial charge in [0.25, 0.3) is 10.0 Å². The molecule has 0 aliphatic carbocycles. The van der Waals surface area contributed by atoms with Crippen LogP contribution < -0.4 is 9.46 Å². The van der Waals surface area contributed by atoms with Crippen LogP contribution in [0.3, 0.4) is 0 Å². The van der Waals surface area contributed by atoms with Crippen molar-refractivity contribution in [2.45, 2.75) is 11.8 Å². The fourth-order valence-electron chi connectivity index (χ4n) is 2.18. The van der Waals surface area contributed by atoms with E-state index in [-0.39, 0.29) is 4.90 Å². The normalized spacial score (nSPS) is 11.2. The van der Waals surface area contributed by atoms with Gasteiger partial charge in [-0.05, 0) is 41.6 Å². The number of benzene rings is 1. The lowest BCUT2D eigenvalue weighted by molar-refractivity contribution is 0.397. The van der Waals surface area contributed by atoms with Crippen LogP contribution in [-0.4, -0.2) is 20.5 Å². The standard InChI is InChI=1S/C17H16N2O3S2/c1-12-5-6-13(16-4-3-9-23-16)10-15(12)19-24(20,21)14-7-8-17(22-2)18-11-14/h3-11,19H,1-2H3. The van der Waals surface area contributed by atoms with E-state index in [9.17, 15) is 8.42 Å². The summed E-state index contributed by atoms with van der Waals surface area (Å²) in [5.74, 6) is 0.366. The van der Waals surface area contributed by atoms with Crippen LogP contribution in [0.5, 0.6) is 5.88 Å². The van der Waals surface area contributed by atoms with Gasteiger partial charge >= 0.3 is 0 Å². The van der Waals surface area contributed by atoms with Gasteiger partial charge in [-0.3, -0.25) is 4.72 Å². The molecule has 124 valence electrons. The van der Waals surface area contributed by atoms with Crippen LogP contribution in [0, 0.1) is 6.92 Å². The number of thiophene rings is 1. The summed E-state index contributed by atoms with van der Waals surface area (Å²) < 4.78 is 32.7. The SMILES string of the molecule is COc1ccc(S(=O)(=O)Nc2cc(-c3cccs3)ccc2C)cn1. The second kappa shape index (κ2) is 6.62. The minimum Gasteiger partial charge on any atom is -0.481 e. The molecule has 0 saturated carbocycles. The fourth-order valence-corrected chi connectivity index (χ4v) is 3.97. The predicted molar refractivity (Wildman–Crippen MR) is 96.1 cm³/mol. The number of hydrogen-bond donors (Lipinski definition) is 1. The molecule has 1 N–H and O–H groups in total. The third kappa shape index (κ3) is 3.42. The van der Waals surface area contributed by atoms with Gasteiger partial charge in [-0.1, -0.05) is 18.2 Å². The molecule has 0 aliphatic rings. The highest BCUT2D eigenvalue weighted by Crippen LogP contribution is 2.30. The van der Waals surface area contributed by atoms with Gasteiger partial charge in [-0.2, -0.15) is 0 Å². The molecule has 0 unspecified atom stereocenters. The molecule has 3 rings (SSSR count). The molecule has 1 aromatic carbocycles. The minimum atomic E-state index is -3.71. The Morgan fingerprint density at radius 1 is 1.17 bits per heavy atom. The van der Waals surface area contributed by atoms with E-state index in [0.717, 1.165) is 16.0 Å². The second-order valence-corrected chi connectivity index (χ2v) is 7.78. The number of nitrogens with zero attached hydrogens (tertiary/aromatic N) is 1. The van der Waals surface area contributed by atoms with Crippen molar-refractivity contribution in [1.82, 2.24) is 4.98 Å². The number of pyridine rings is 1. The molecule has 0 bridgehead atoms. The summed E-state index contributed by atoms with van der Waals surface area (Å²) in [5.41, 5.74) is 2.37. The van der Waals surface area contributed by atoms with Crippen LogP contribution in [0.1, 0.15) is 5.56 Å². The summed E-state index contributed by atoms with van der Waals surface area (Å²) in [7, 11) is -2.23. The summed E-state index contributed by atoms with van der Waals surface area (Å²) in [6.45, 7) is 1.86. The highest BCUT2D eigenvalue weighted by molar-refractivity contribution is 7.92. The van der Waals surface area contributed by atoms with Crippen LogP contribution in [0.15, 0.2) is 58.9 Å². The van der Waals surface area contributed by atoms with Crippen molar-refractivity contribution in [3.63, 3.8) is 0 Å². The zero-order chi connectivity index (χ0) is 17.2. The summed E-state index contributed by atoms with van der Waals surface area (Å²) in [6, 6.07) is 12.7. The molecule has 0 aliphatic heterocycles. The molecule has 2 aromatic heterocycles. The lowest BCUT2D eigenvalue weighted by Crippen LogP contribution is -2.14. The number of hydrogen-bond acceptors (Lipinski definition) is 5. The van der Waals surface area contributed by atoms with E-state index in [1.807, 2.05) is 42.6 Å². The number of aryl methyl sites for hydroxylation is 1. The van der Waals surface area contributed by atoms with E-state index in [0.29, 0.717) is 11.6 Å². The number of sulfonamides is 1. The topological polar surface area (TPSA) is 68.3 Å². The van der Waals surface area contributed by atoms with Crippen molar-refractivity contribution in [2.24, 2.45) is 0 Å². The van der Waals surface area contributed by atoms with Gasteiger partial charge in [0.2, 0.25) is 5.88 Å². The molecule has 24 heavy (non-hydrogen) atoms. The molecule has 2 heterocycles. The van der Waals surface area contributed by atoms with Gasteiger partial charge in [0.1, 0.15) is 4.90 Å². The molecular formula is C17H16N2O3S2. The van der Waals surface area contributed by atoms with Crippen LogP contribution >= 0.6 is 11.3 Å². The van der Waals surface area contributed by atoms with E-state index >= 15 is 0 Å². The van der Waals surface area contributed by atoms with Gasteiger partial charge in [-0.25, -0.2) is 13.4 Å². The molecular weight excluding hydrogens is 344 g/mol. The Morgan fingerprint density at radius 3 is 2.62 bits per heavy atom. The molecule has 0 saturated heterocycles. The van der Waals surface area contributed by atoms with Gasteiger partial charge in [0.05, 0.1) is 19.0 Å². The summed E-state index contributed by atoms with van der Waals surface area (Å²) in [5, 5.41) is 1.99. The molecule has 7 heteroatoms. The third-order valence-electron chi connectivity index (χ3n) is 3.52. The van der Waals surface area contributed by atoms with E-state index in [4.69, 9.17) is 4.74 Å². The first-order valence-electron chi connectivity index (χ1n) is 7.17. The van der Waals surface area contributed by atoms with Crippen molar-refractivity contribution in [1.29, 1.82) is 0 Å². The monoisotopic (exact) mass is 360 g/mol. The predicted octanol–water partition coefficient (Wildman–Crippen LogP) is 3.93. The molecule has 0 spiro atoms. The summed E-state index contributed by atoms with van der Waals surface area (Å²) in [4.78, 5) is 5.12. The quantitative estimate of drug-likeness (QED) is 0.748. The molecule has 3 aromatic rings. The number of rotatable bonds is 5. The Labute approximate surface area is 145 Å². The zero-order valence-electron chi connectivity index (χ0n) is 13.2.